The Balaban J connectivity index is 1.49. The normalized spacial score (nSPS) is 16.7. The predicted octanol–water partition coefficient (Wildman–Crippen LogP) is 6.69. The molecule has 3 aromatic carbocycles. The number of carbonyl (C=O) groups is 2. The van der Waals surface area contributed by atoms with E-state index in [2.05, 4.69) is 52.0 Å². The van der Waals surface area contributed by atoms with Crippen LogP contribution in [0.25, 0.3) is 0 Å². The number of benzene rings is 3. The molecule has 37 heavy (non-hydrogen) atoms. The van der Waals surface area contributed by atoms with Gasteiger partial charge in [-0.3, -0.25) is 9.59 Å². The van der Waals surface area contributed by atoms with E-state index in [0.717, 1.165) is 23.3 Å². The first kappa shape index (κ1) is 26.7. The van der Waals surface area contributed by atoms with E-state index in [1.165, 1.54) is 11.1 Å². The summed E-state index contributed by atoms with van der Waals surface area (Å²) in [6.07, 6.45) is 1.33. The highest BCUT2D eigenvalue weighted by Gasteiger charge is 2.35. The van der Waals surface area contributed by atoms with Crippen LogP contribution in [0.4, 0.5) is 0 Å². The van der Waals surface area contributed by atoms with Crippen LogP contribution in [0.15, 0.2) is 66.7 Å². The summed E-state index contributed by atoms with van der Waals surface area (Å²) in [5.74, 6) is -0.354. The molecule has 1 aliphatic heterocycles. The molecule has 0 fully saturated rings. The fourth-order valence-corrected chi connectivity index (χ4v) is 4.91. The quantitative estimate of drug-likeness (QED) is 0.360. The summed E-state index contributed by atoms with van der Waals surface area (Å²) in [4.78, 5) is 26.3. The molecule has 0 spiro atoms. The largest absolute Gasteiger partial charge is 0.487 e. The zero-order valence-electron chi connectivity index (χ0n) is 21.9. The average molecular weight is 520 g/mol. The van der Waals surface area contributed by atoms with E-state index in [4.69, 9.17) is 16.3 Å². The van der Waals surface area contributed by atoms with Crippen molar-refractivity contribution in [1.82, 2.24) is 4.90 Å². The van der Waals surface area contributed by atoms with Crippen LogP contribution in [0.1, 0.15) is 66.7 Å². The van der Waals surface area contributed by atoms with Gasteiger partial charge in [-0.25, -0.2) is 0 Å². The molecule has 0 aliphatic carbocycles. The molecule has 3 aromatic rings. The Morgan fingerprint density at radius 3 is 2.27 bits per heavy atom. The Bertz CT molecular complexity index is 1280. The van der Waals surface area contributed by atoms with Crippen molar-refractivity contribution in [3.8, 4) is 5.75 Å². The molecule has 1 atom stereocenters. The maximum Gasteiger partial charge on any atom is 0.305 e. The molecule has 194 valence electrons. The van der Waals surface area contributed by atoms with Crippen molar-refractivity contribution in [3.05, 3.63) is 99.6 Å². The maximum atomic E-state index is 13.5. The molecule has 0 aromatic heterocycles. The van der Waals surface area contributed by atoms with Gasteiger partial charge in [0.1, 0.15) is 11.4 Å². The predicted molar refractivity (Wildman–Crippen MR) is 146 cm³/mol. The first-order valence-corrected chi connectivity index (χ1v) is 13.0. The van der Waals surface area contributed by atoms with Gasteiger partial charge in [0, 0.05) is 36.5 Å². The van der Waals surface area contributed by atoms with Crippen molar-refractivity contribution in [2.75, 3.05) is 6.54 Å². The van der Waals surface area contributed by atoms with Crippen molar-refractivity contribution in [1.29, 1.82) is 0 Å². The van der Waals surface area contributed by atoms with Crippen molar-refractivity contribution in [2.45, 2.75) is 64.5 Å². The molecule has 1 amide bonds. The summed E-state index contributed by atoms with van der Waals surface area (Å²) >= 11 is 5.99. The number of aliphatic carboxylic acids is 1. The van der Waals surface area contributed by atoms with Gasteiger partial charge in [0.2, 0.25) is 0 Å². The SMILES string of the molecule is CC(C)(C)c1ccc(C[C@]2(C)Cc3cc(C(=O)N(CCC(=O)O)Cc4ccc(Cl)cc4)ccc3O2)cc1. The summed E-state index contributed by atoms with van der Waals surface area (Å²) in [6.45, 7) is 9.14. The van der Waals surface area contributed by atoms with Crippen molar-refractivity contribution in [3.63, 3.8) is 0 Å². The second-order valence-corrected chi connectivity index (χ2v) is 11.6. The van der Waals surface area contributed by atoms with Crippen molar-refractivity contribution in [2.24, 2.45) is 0 Å². The van der Waals surface area contributed by atoms with Gasteiger partial charge in [0.05, 0.1) is 6.42 Å². The number of hydrogen-bond donors (Lipinski definition) is 1. The van der Waals surface area contributed by atoms with Crippen LogP contribution in [0.2, 0.25) is 5.02 Å². The van der Waals surface area contributed by atoms with Crippen LogP contribution in [-0.2, 0) is 29.6 Å². The molecular weight excluding hydrogens is 486 g/mol. The van der Waals surface area contributed by atoms with Crippen LogP contribution in [0.5, 0.6) is 5.75 Å². The Morgan fingerprint density at radius 1 is 1.00 bits per heavy atom. The van der Waals surface area contributed by atoms with E-state index < -0.39 is 11.6 Å². The summed E-state index contributed by atoms with van der Waals surface area (Å²) < 4.78 is 6.36. The topological polar surface area (TPSA) is 66.8 Å². The summed E-state index contributed by atoms with van der Waals surface area (Å²) in [7, 11) is 0. The van der Waals surface area contributed by atoms with E-state index in [0.29, 0.717) is 23.6 Å². The molecule has 4 rings (SSSR count). The van der Waals surface area contributed by atoms with Gasteiger partial charge in [0.15, 0.2) is 0 Å². The fourth-order valence-electron chi connectivity index (χ4n) is 4.78. The number of carboxylic acid groups (broad SMARTS) is 1. The Hall–Kier alpha value is -3.31. The minimum absolute atomic E-state index is 0.109. The Labute approximate surface area is 224 Å². The van der Waals surface area contributed by atoms with Crippen LogP contribution in [0.3, 0.4) is 0 Å². The molecule has 5 nitrogen and oxygen atoms in total. The smallest absolute Gasteiger partial charge is 0.305 e. The van der Waals surface area contributed by atoms with Gasteiger partial charge < -0.3 is 14.7 Å². The van der Waals surface area contributed by atoms with Gasteiger partial charge in [0.25, 0.3) is 5.91 Å². The summed E-state index contributed by atoms with van der Waals surface area (Å²) in [6, 6.07) is 21.4. The number of nitrogens with zero attached hydrogens (tertiary/aromatic N) is 1. The molecule has 1 heterocycles. The molecule has 0 saturated heterocycles. The lowest BCUT2D eigenvalue weighted by atomic mass is 9.85. The van der Waals surface area contributed by atoms with Gasteiger partial charge in [-0.15, -0.1) is 0 Å². The molecular formula is C31H34ClNO4. The van der Waals surface area contributed by atoms with Crippen molar-refractivity contribution < 1.29 is 19.4 Å². The fraction of sp³-hybridized carbons (Fsp3) is 0.355. The van der Waals surface area contributed by atoms with Crippen LogP contribution in [0, 0.1) is 0 Å². The minimum Gasteiger partial charge on any atom is -0.487 e. The second-order valence-electron chi connectivity index (χ2n) is 11.2. The first-order chi connectivity index (χ1) is 17.4. The van der Waals surface area contributed by atoms with Gasteiger partial charge >= 0.3 is 5.97 Å². The third-order valence-corrected chi connectivity index (χ3v) is 7.05. The second kappa shape index (κ2) is 10.6. The number of halogens is 1. The van der Waals surface area contributed by atoms with E-state index in [9.17, 15) is 14.7 Å². The number of ether oxygens (including phenoxy) is 1. The van der Waals surface area contributed by atoms with E-state index in [1.54, 1.807) is 23.1 Å². The lowest BCUT2D eigenvalue weighted by molar-refractivity contribution is -0.137. The van der Waals surface area contributed by atoms with Crippen LogP contribution in [-0.4, -0.2) is 34.0 Å². The highest BCUT2D eigenvalue weighted by Crippen LogP contribution is 2.38. The first-order valence-electron chi connectivity index (χ1n) is 12.6. The Morgan fingerprint density at radius 2 is 1.65 bits per heavy atom. The zero-order chi connectivity index (χ0) is 26.8. The van der Waals surface area contributed by atoms with Gasteiger partial charge in [-0.1, -0.05) is 68.8 Å². The van der Waals surface area contributed by atoms with Crippen molar-refractivity contribution >= 4 is 23.5 Å². The van der Waals surface area contributed by atoms with E-state index in [1.807, 2.05) is 24.3 Å². The third-order valence-electron chi connectivity index (χ3n) is 6.80. The summed E-state index contributed by atoms with van der Waals surface area (Å²) in [5.41, 5.74) is 4.62. The minimum atomic E-state index is -0.942. The molecule has 6 heteroatoms. The number of amides is 1. The molecule has 0 saturated carbocycles. The van der Waals surface area contributed by atoms with Crippen LogP contribution >= 0.6 is 11.6 Å². The number of carboxylic acids is 1. The zero-order valence-corrected chi connectivity index (χ0v) is 22.6. The molecule has 1 aliphatic rings. The molecule has 1 N–H and O–H groups in total. The number of hydrogen-bond acceptors (Lipinski definition) is 3. The molecule has 0 bridgehead atoms. The Kier molecular flexibility index (Phi) is 7.65. The van der Waals surface area contributed by atoms with Crippen LogP contribution < -0.4 is 4.74 Å². The number of rotatable bonds is 8. The number of carbonyl (C=O) groups excluding carboxylic acids is 1. The number of fused-ring (bicyclic) bond motifs is 1. The average Bonchev–Trinajstić information content (AvgIpc) is 3.17. The van der Waals surface area contributed by atoms with Gasteiger partial charge in [-0.05, 0) is 64.9 Å². The van der Waals surface area contributed by atoms with Gasteiger partial charge in [-0.2, -0.15) is 0 Å². The lowest BCUT2D eigenvalue weighted by Gasteiger charge is -2.25. The molecule has 0 radical (unpaired) electrons. The highest BCUT2D eigenvalue weighted by atomic mass is 35.5. The van der Waals surface area contributed by atoms with E-state index >= 15 is 0 Å². The van der Waals surface area contributed by atoms with E-state index in [-0.39, 0.29) is 24.3 Å². The monoisotopic (exact) mass is 519 g/mol. The lowest BCUT2D eigenvalue weighted by Crippen LogP contribution is -2.33. The third kappa shape index (κ3) is 6.72. The standard InChI is InChI=1S/C31H34ClNO4/c1-30(2,3)25-10-5-21(6-11-25)18-31(4)19-24-17-23(9-14-27(24)37-31)29(36)33(16-15-28(34)35)20-22-7-12-26(32)13-8-22/h5-14,17H,15-16,18-20H2,1-4H3,(H,34,35)/t31-/m1/s1. The molecule has 0 unspecified atom stereocenters. The summed E-state index contributed by atoms with van der Waals surface area (Å²) in [5, 5.41) is 9.82. The highest BCUT2D eigenvalue weighted by molar-refractivity contribution is 6.30. The maximum absolute atomic E-state index is 13.5.